The Morgan fingerprint density at radius 1 is 1.10 bits per heavy atom. The van der Waals surface area contributed by atoms with Gasteiger partial charge in [-0.25, -0.2) is 8.42 Å². The molecule has 8 heteroatoms. The molecule has 0 unspecified atom stereocenters. The Hall–Kier alpha value is -1.28. The molecule has 2 rings (SSSR count). The molecule has 1 aliphatic rings. The first-order valence-corrected chi connectivity index (χ1v) is 8.12. The molecule has 4 nitrogen and oxygen atoms in total. The van der Waals surface area contributed by atoms with E-state index in [4.69, 9.17) is 5.73 Å². The average molecular weight is 322 g/mol. The zero-order valence-electron chi connectivity index (χ0n) is 11.2. The highest BCUT2D eigenvalue weighted by Crippen LogP contribution is 2.35. The lowest BCUT2D eigenvalue weighted by Gasteiger charge is -2.28. The van der Waals surface area contributed by atoms with E-state index < -0.39 is 20.2 Å². The molecule has 0 atom stereocenters. The van der Waals surface area contributed by atoms with Gasteiger partial charge in [-0.15, -0.1) is 0 Å². The van der Waals surface area contributed by atoms with E-state index in [0.29, 0.717) is 12.8 Å². The molecule has 0 amide bonds. The Morgan fingerprint density at radius 2 is 1.67 bits per heavy atom. The summed E-state index contributed by atoms with van der Waals surface area (Å²) < 4.78 is 61.3. The van der Waals surface area contributed by atoms with Gasteiger partial charge in [-0.2, -0.15) is 13.2 Å². The number of benzene rings is 1. The SMILES string of the molecule is NC1CCC(Nc2ccccc2S(=O)(=O)C(F)(F)F)CC1. The third kappa shape index (κ3) is 3.49. The maximum absolute atomic E-state index is 12.7. The van der Waals surface area contributed by atoms with E-state index in [-0.39, 0.29) is 17.8 Å². The van der Waals surface area contributed by atoms with Crippen LogP contribution in [0.15, 0.2) is 29.2 Å². The van der Waals surface area contributed by atoms with E-state index in [1.54, 1.807) is 0 Å². The van der Waals surface area contributed by atoms with Crippen molar-refractivity contribution in [1.29, 1.82) is 0 Å². The number of hydrogen-bond donors (Lipinski definition) is 2. The van der Waals surface area contributed by atoms with Crippen LogP contribution in [0.2, 0.25) is 0 Å². The van der Waals surface area contributed by atoms with Crippen LogP contribution in [0, 0.1) is 0 Å². The molecule has 0 spiro atoms. The molecular weight excluding hydrogens is 305 g/mol. The van der Waals surface area contributed by atoms with Crippen molar-refractivity contribution in [3.8, 4) is 0 Å². The van der Waals surface area contributed by atoms with Gasteiger partial charge < -0.3 is 11.1 Å². The summed E-state index contributed by atoms with van der Waals surface area (Å²) in [6, 6.07) is 5.16. The highest BCUT2D eigenvalue weighted by molar-refractivity contribution is 7.92. The van der Waals surface area contributed by atoms with Crippen molar-refractivity contribution >= 4 is 15.5 Å². The van der Waals surface area contributed by atoms with E-state index in [2.05, 4.69) is 5.32 Å². The normalized spacial score (nSPS) is 23.8. The average Bonchev–Trinajstić information content (AvgIpc) is 2.40. The van der Waals surface area contributed by atoms with E-state index in [0.717, 1.165) is 18.9 Å². The van der Waals surface area contributed by atoms with Gasteiger partial charge in [-0.1, -0.05) is 12.1 Å². The predicted molar refractivity (Wildman–Crippen MR) is 73.5 cm³/mol. The van der Waals surface area contributed by atoms with Gasteiger partial charge in [0.25, 0.3) is 9.84 Å². The Morgan fingerprint density at radius 3 is 2.24 bits per heavy atom. The molecule has 1 fully saturated rings. The van der Waals surface area contributed by atoms with Gasteiger partial charge in [0.05, 0.1) is 10.6 Å². The van der Waals surface area contributed by atoms with E-state index >= 15 is 0 Å². The van der Waals surface area contributed by atoms with E-state index in [1.807, 2.05) is 0 Å². The summed E-state index contributed by atoms with van der Waals surface area (Å²) in [5, 5.41) is 2.91. The van der Waals surface area contributed by atoms with Gasteiger partial charge in [0.2, 0.25) is 0 Å². The largest absolute Gasteiger partial charge is 0.501 e. The van der Waals surface area contributed by atoms with Crippen LogP contribution < -0.4 is 11.1 Å². The summed E-state index contributed by atoms with van der Waals surface area (Å²) in [5.74, 6) is 0. The fraction of sp³-hybridized carbons (Fsp3) is 0.538. The van der Waals surface area contributed by atoms with Crippen LogP contribution >= 0.6 is 0 Å². The van der Waals surface area contributed by atoms with Crippen molar-refractivity contribution in [2.75, 3.05) is 5.32 Å². The maximum atomic E-state index is 12.7. The summed E-state index contributed by atoms with van der Waals surface area (Å²) in [6.45, 7) is 0. The summed E-state index contributed by atoms with van der Waals surface area (Å²) in [7, 11) is -5.36. The molecular formula is C13H17F3N2O2S. The number of nitrogens with two attached hydrogens (primary N) is 1. The zero-order chi connectivity index (χ0) is 15.7. The molecule has 0 aliphatic heterocycles. The molecule has 0 radical (unpaired) electrons. The standard InChI is InChI=1S/C13H17F3N2O2S/c14-13(15,16)21(19,20)12-4-2-1-3-11(12)18-10-7-5-9(17)6-8-10/h1-4,9-10,18H,5-8,17H2. The second-order valence-corrected chi connectivity index (χ2v) is 7.11. The van der Waals surface area contributed by atoms with Gasteiger partial charge in [0.1, 0.15) is 0 Å². The number of sulfone groups is 1. The number of nitrogens with one attached hydrogen (secondary N) is 1. The number of para-hydroxylation sites is 1. The van der Waals surface area contributed by atoms with Gasteiger partial charge in [0, 0.05) is 12.1 Å². The second kappa shape index (κ2) is 5.84. The molecule has 1 aromatic rings. The van der Waals surface area contributed by atoms with Crippen molar-refractivity contribution in [1.82, 2.24) is 0 Å². The first-order valence-electron chi connectivity index (χ1n) is 6.64. The lowest BCUT2D eigenvalue weighted by atomic mass is 9.92. The summed E-state index contributed by atoms with van der Waals surface area (Å²) >= 11 is 0. The van der Waals surface area contributed by atoms with E-state index in [1.165, 1.54) is 18.2 Å². The molecule has 1 aliphatic carbocycles. The molecule has 21 heavy (non-hydrogen) atoms. The molecule has 0 heterocycles. The van der Waals surface area contributed by atoms with E-state index in [9.17, 15) is 21.6 Å². The molecule has 3 N–H and O–H groups in total. The Labute approximate surface area is 121 Å². The van der Waals surface area contributed by atoms with Gasteiger partial charge in [-0.05, 0) is 37.8 Å². The zero-order valence-corrected chi connectivity index (χ0v) is 12.0. The monoisotopic (exact) mass is 322 g/mol. The van der Waals surface area contributed by atoms with Crippen molar-refractivity contribution in [2.45, 2.75) is 48.2 Å². The fourth-order valence-electron chi connectivity index (χ4n) is 2.43. The third-order valence-electron chi connectivity index (χ3n) is 3.61. The van der Waals surface area contributed by atoms with Gasteiger partial charge >= 0.3 is 5.51 Å². The molecule has 0 aromatic heterocycles. The van der Waals surface area contributed by atoms with Crippen molar-refractivity contribution < 1.29 is 21.6 Å². The number of rotatable bonds is 3. The van der Waals surface area contributed by atoms with Crippen LogP contribution in [0.5, 0.6) is 0 Å². The van der Waals surface area contributed by atoms with Crippen LogP contribution in [0.1, 0.15) is 25.7 Å². The topological polar surface area (TPSA) is 72.2 Å². The van der Waals surface area contributed by atoms with Gasteiger partial charge in [-0.3, -0.25) is 0 Å². The Balaban J connectivity index is 2.26. The van der Waals surface area contributed by atoms with Crippen molar-refractivity contribution in [3.05, 3.63) is 24.3 Å². The molecule has 0 bridgehead atoms. The van der Waals surface area contributed by atoms with Crippen molar-refractivity contribution in [3.63, 3.8) is 0 Å². The summed E-state index contributed by atoms with van der Waals surface area (Å²) in [5.41, 5.74) is 0.464. The summed E-state index contributed by atoms with van der Waals surface area (Å²) in [4.78, 5) is -0.729. The third-order valence-corrected chi connectivity index (χ3v) is 5.16. The molecule has 118 valence electrons. The van der Waals surface area contributed by atoms with Crippen LogP contribution in [-0.2, 0) is 9.84 Å². The lowest BCUT2D eigenvalue weighted by Crippen LogP contribution is -2.33. The number of alkyl halides is 3. The number of hydrogen-bond acceptors (Lipinski definition) is 4. The summed E-state index contributed by atoms with van der Waals surface area (Å²) in [6.07, 6.45) is 2.96. The van der Waals surface area contributed by atoms with Gasteiger partial charge in [0.15, 0.2) is 0 Å². The minimum Gasteiger partial charge on any atom is -0.381 e. The Kier molecular flexibility index (Phi) is 4.48. The van der Waals surface area contributed by atoms with Crippen LogP contribution in [0.3, 0.4) is 0 Å². The minimum atomic E-state index is -5.36. The highest BCUT2D eigenvalue weighted by Gasteiger charge is 2.48. The smallest absolute Gasteiger partial charge is 0.381 e. The molecule has 0 saturated heterocycles. The maximum Gasteiger partial charge on any atom is 0.501 e. The predicted octanol–water partition coefficient (Wildman–Crippen LogP) is 2.66. The number of halogens is 3. The number of anilines is 1. The first-order chi connectivity index (χ1) is 9.72. The van der Waals surface area contributed by atoms with Crippen LogP contribution in [0.25, 0.3) is 0 Å². The quantitative estimate of drug-likeness (QED) is 0.897. The van der Waals surface area contributed by atoms with Crippen LogP contribution in [-0.4, -0.2) is 26.0 Å². The lowest BCUT2D eigenvalue weighted by molar-refractivity contribution is -0.0435. The minimum absolute atomic E-state index is 0.00436. The molecule has 1 saturated carbocycles. The fourth-order valence-corrected chi connectivity index (χ4v) is 3.35. The van der Waals surface area contributed by atoms with Crippen LogP contribution in [0.4, 0.5) is 18.9 Å². The molecule has 1 aromatic carbocycles. The van der Waals surface area contributed by atoms with Crippen molar-refractivity contribution in [2.24, 2.45) is 5.73 Å². The Bertz CT molecular complexity index is 594. The highest BCUT2D eigenvalue weighted by atomic mass is 32.2. The first kappa shape index (κ1) is 16.1. The second-order valence-electron chi connectivity index (χ2n) is 5.20.